The molecule has 0 saturated carbocycles. The van der Waals surface area contributed by atoms with Gasteiger partial charge in [-0.25, -0.2) is 9.78 Å². The molecule has 0 fully saturated rings. The highest BCUT2D eigenvalue weighted by atomic mass is 16.6. The SMILES string of the molecule is CCCCCCCOc1ncc([N+](=O)[O-])cc1C(=O)O. The van der Waals surface area contributed by atoms with Crippen molar-refractivity contribution in [1.82, 2.24) is 4.98 Å². The van der Waals surface area contributed by atoms with E-state index in [1.807, 2.05) is 0 Å². The number of aromatic nitrogens is 1. The number of hydrogen-bond acceptors (Lipinski definition) is 5. The van der Waals surface area contributed by atoms with Gasteiger partial charge in [0.2, 0.25) is 5.88 Å². The van der Waals surface area contributed by atoms with Crippen molar-refractivity contribution in [2.24, 2.45) is 0 Å². The zero-order chi connectivity index (χ0) is 15.0. The minimum atomic E-state index is -1.29. The molecule has 1 aromatic rings. The molecule has 7 nitrogen and oxygen atoms in total. The molecule has 0 unspecified atom stereocenters. The standard InChI is InChI=1S/C13H18N2O5/c1-2-3-4-5-6-7-20-12-11(13(16)17)8-10(9-14-12)15(18)19/h8-9H,2-7H2,1H3,(H,16,17). The van der Waals surface area contributed by atoms with E-state index in [9.17, 15) is 14.9 Å². The van der Waals surface area contributed by atoms with Gasteiger partial charge in [-0.2, -0.15) is 0 Å². The molecular formula is C13H18N2O5. The minimum Gasteiger partial charge on any atom is -0.477 e. The zero-order valence-electron chi connectivity index (χ0n) is 11.4. The molecular weight excluding hydrogens is 264 g/mol. The number of carboxylic acids is 1. The first-order valence-electron chi connectivity index (χ1n) is 6.56. The van der Waals surface area contributed by atoms with Gasteiger partial charge < -0.3 is 9.84 Å². The summed E-state index contributed by atoms with van der Waals surface area (Å²) in [5.41, 5.74) is -0.648. The van der Waals surface area contributed by atoms with Crippen molar-refractivity contribution >= 4 is 11.7 Å². The highest BCUT2D eigenvalue weighted by Gasteiger charge is 2.18. The van der Waals surface area contributed by atoms with Crippen LogP contribution in [0.2, 0.25) is 0 Å². The average molecular weight is 282 g/mol. The molecule has 20 heavy (non-hydrogen) atoms. The van der Waals surface area contributed by atoms with Gasteiger partial charge in [-0.1, -0.05) is 32.6 Å². The van der Waals surface area contributed by atoms with Crippen LogP contribution in [-0.4, -0.2) is 27.6 Å². The maximum absolute atomic E-state index is 11.0. The number of rotatable bonds is 9. The second kappa shape index (κ2) is 8.08. The smallest absolute Gasteiger partial charge is 0.341 e. The van der Waals surface area contributed by atoms with Crippen LogP contribution in [0.25, 0.3) is 0 Å². The average Bonchev–Trinajstić information content (AvgIpc) is 2.42. The number of unbranched alkanes of at least 4 members (excludes halogenated alkanes) is 4. The number of hydrogen-bond donors (Lipinski definition) is 1. The molecule has 0 atom stereocenters. The molecule has 0 spiro atoms. The van der Waals surface area contributed by atoms with E-state index in [4.69, 9.17) is 9.84 Å². The predicted molar refractivity (Wildman–Crippen MR) is 72.1 cm³/mol. The van der Waals surface area contributed by atoms with Crippen molar-refractivity contribution in [3.63, 3.8) is 0 Å². The molecule has 1 rings (SSSR count). The second-order valence-electron chi connectivity index (χ2n) is 4.37. The van der Waals surface area contributed by atoms with Crippen LogP contribution in [0.1, 0.15) is 49.4 Å². The molecule has 1 aromatic heterocycles. The normalized spacial score (nSPS) is 10.2. The lowest BCUT2D eigenvalue weighted by Gasteiger charge is -2.07. The molecule has 0 aliphatic rings. The fourth-order valence-corrected chi connectivity index (χ4v) is 1.68. The van der Waals surface area contributed by atoms with Gasteiger partial charge in [0.15, 0.2) is 0 Å². The Labute approximate surface area is 116 Å². The fourth-order valence-electron chi connectivity index (χ4n) is 1.68. The van der Waals surface area contributed by atoms with Crippen LogP contribution in [0.15, 0.2) is 12.3 Å². The highest BCUT2D eigenvalue weighted by molar-refractivity contribution is 5.90. The van der Waals surface area contributed by atoms with Crippen molar-refractivity contribution in [2.45, 2.75) is 39.0 Å². The summed E-state index contributed by atoms with van der Waals surface area (Å²) in [6.45, 7) is 2.48. The number of carbonyl (C=O) groups is 1. The van der Waals surface area contributed by atoms with Gasteiger partial charge in [-0.3, -0.25) is 10.1 Å². The quantitative estimate of drug-likeness (QED) is 0.424. The van der Waals surface area contributed by atoms with Crippen molar-refractivity contribution < 1.29 is 19.6 Å². The first-order chi connectivity index (χ1) is 9.56. The Kier molecular flexibility index (Phi) is 6.42. The van der Waals surface area contributed by atoms with Gasteiger partial charge in [-0.05, 0) is 6.42 Å². The summed E-state index contributed by atoms with van der Waals surface area (Å²) in [7, 11) is 0. The molecule has 110 valence electrons. The Hall–Kier alpha value is -2.18. The van der Waals surface area contributed by atoms with Crippen molar-refractivity contribution in [3.8, 4) is 5.88 Å². The number of pyridine rings is 1. The Morgan fingerprint density at radius 1 is 1.40 bits per heavy atom. The Morgan fingerprint density at radius 3 is 2.70 bits per heavy atom. The first-order valence-corrected chi connectivity index (χ1v) is 6.56. The number of ether oxygens (including phenoxy) is 1. The molecule has 0 aromatic carbocycles. The Morgan fingerprint density at radius 2 is 2.10 bits per heavy atom. The number of carboxylic acid groups (broad SMARTS) is 1. The summed E-state index contributed by atoms with van der Waals surface area (Å²) < 4.78 is 5.30. The van der Waals surface area contributed by atoms with Crippen LogP contribution >= 0.6 is 0 Å². The van der Waals surface area contributed by atoms with Crippen LogP contribution < -0.4 is 4.74 Å². The van der Waals surface area contributed by atoms with E-state index >= 15 is 0 Å². The molecule has 0 aliphatic heterocycles. The molecule has 0 saturated heterocycles. The van der Waals surface area contributed by atoms with E-state index in [1.165, 1.54) is 0 Å². The third kappa shape index (κ3) is 4.83. The van der Waals surface area contributed by atoms with E-state index in [-0.39, 0.29) is 17.1 Å². The summed E-state index contributed by atoms with van der Waals surface area (Å²) >= 11 is 0. The highest BCUT2D eigenvalue weighted by Crippen LogP contribution is 2.21. The molecule has 0 aliphatic carbocycles. The lowest BCUT2D eigenvalue weighted by atomic mass is 10.2. The van der Waals surface area contributed by atoms with Gasteiger partial charge in [0.25, 0.3) is 5.69 Å². The van der Waals surface area contributed by atoms with Gasteiger partial charge in [0, 0.05) is 6.07 Å². The van der Waals surface area contributed by atoms with Crippen molar-refractivity contribution in [3.05, 3.63) is 27.9 Å². The Balaban J connectivity index is 2.60. The second-order valence-corrected chi connectivity index (χ2v) is 4.37. The molecule has 0 radical (unpaired) electrons. The number of nitrogens with zero attached hydrogens (tertiary/aromatic N) is 2. The third-order valence-electron chi connectivity index (χ3n) is 2.76. The molecule has 7 heteroatoms. The Bertz CT molecular complexity index is 476. The number of nitro groups is 1. The van der Waals surface area contributed by atoms with E-state index in [0.717, 1.165) is 44.4 Å². The first kappa shape index (κ1) is 15.9. The third-order valence-corrected chi connectivity index (χ3v) is 2.76. The van der Waals surface area contributed by atoms with Gasteiger partial charge in [-0.15, -0.1) is 0 Å². The summed E-state index contributed by atoms with van der Waals surface area (Å²) in [6.07, 6.45) is 6.23. The predicted octanol–water partition coefficient (Wildman–Crippen LogP) is 3.04. The van der Waals surface area contributed by atoms with Gasteiger partial charge in [0.1, 0.15) is 11.8 Å². The van der Waals surface area contributed by atoms with Crippen molar-refractivity contribution in [1.29, 1.82) is 0 Å². The zero-order valence-corrected chi connectivity index (χ0v) is 11.4. The van der Waals surface area contributed by atoms with E-state index < -0.39 is 10.9 Å². The lowest BCUT2D eigenvalue weighted by molar-refractivity contribution is -0.385. The van der Waals surface area contributed by atoms with E-state index in [1.54, 1.807) is 0 Å². The monoisotopic (exact) mass is 282 g/mol. The van der Waals surface area contributed by atoms with Gasteiger partial charge >= 0.3 is 5.97 Å². The molecule has 0 amide bonds. The minimum absolute atomic E-state index is 0.0707. The van der Waals surface area contributed by atoms with Crippen LogP contribution in [0.5, 0.6) is 5.88 Å². The summed E-state index contributed by atoms with van der Waals surface area (Å²) in [4.78, 5) is 24.6. The maximum Gasteiger partial charge on any atom is 0.341 e. The van der Waals surface area contributed by atoms with Gasteiger partial charge in [0.05, 0.1) is 11.5 Å². The molecule has 1 heterocycles. The maximum atomic E-state index is 11.0. The van der Waals surface area contributed by atoms with Crippen LogP contribution in [0, 0.1) is 10.1 Å². The molecule has 1 N–H and O–H groups in total. The number of aromatic carboxylic acids is 1. The van der Waals surface area contributed by atoms with Crippen LogP contribution in [-0.2, 0) is 0 Å². The van der Waals surface area contributed by atoms with E-state index in [0.29, 0.717) is 6.61 Å². The summed E-state index contributed by atoms with van der Waals surface area (Å²) in [5, 5.41) is 19.6. The topological polar surface area (TPSA) is 103 Å². The van der Waals surface area contributed by atoms with Crippen LogP contribution in [0.4, 0.5) is 5.69 Å². The van der Waals surface area contributed by atoms with Crippen LogP contribution in [0.3, 0.4) is 0 Å². The van der Waals surface area contributed by atoms with Crippen molar-refractivity contribution in [2.75, 3.05) is 6.61 Å². The summed E-state index contributed by atoms with van der Waals surface area (Å²) in [5.74, 6) is -1.36. The molecule has 0 bridgehead atoms. The van der Waals surface area contributed by atoms with E-state index in [2.05, 4.69) is 11.9 Å². The summed E-state index contributed by atoms with van der Waals surface area (Å²) in [6, 6.07) is 0.960. The largest absolute Gasteiger partial charge is 0.477 e. The lowest BCUT2D eigenvalue weighted by Crippen LogP contribution is -2.07. The fraction of sp³-hybridized carbons (Fsp3) is 0.538.